The molecule has 4 N–H and O–H groups in total. The van der Waals surface area contributed by atoms with Gasteiger partial charge in [0, 0.05) is 8.59 Å². The van der Waals surface area contributed by atoms with Crippen molar-refractivity contribution in [2.75, 3.05) is 5.43 Å². The Morgan fingerprint density at radius 1 is 1.62 bits per heavy atom. The highest BCUT2D eigenvalue weighted by molar-refractivity contribution is 14.1. The first-order valence-electron chi connectivity index (χ1n) is 4.08. The fourth-order valence-corrected chi connectivity index (χ4v) is 1.83. The summed E-state index contributed by atoms with van der Waals surface area (Å²) in [5.74, 6) is -0.376. The topological polar surface area (TPSA) is 98.0 Å². The number of anilines is 1. The fraction of sp³-hybridized carbons (Fsp3) is 0. The molecule has 0 saturated heterocycles. The first-order valence-corrected chi connectivity index (χ1v) is 5.53. The maximum atomic E-state index is 8.62. The first kappa shape index (κ1) is 12.7. The maximum absolute atomic E-state index is 8.62. The van der Waals surface area contributed by atoms with E-state index in [1.807, 2.05) is 0 Å². The molecule has 1 aromatic rings. The van der Waals surface area contributed by atoms with Gasteiger partial charge in [-0.05, 0) is 40.8 Å². The second-order valence-electron chi connectivity index (χ2n) is 2.72. The smallest absolute Gasteiger partial charge is 0.201 e. The van der Waals surface area contributed by atoms with Gasteiger partial charge in [-0.3, -0.25) is 10.8 Å². The van der Waals surface area contributed by atoms with E-state index in [1.54, 1.807) is 24.3 Å². The molecule has 0 saturated carbocycles. The van der Waals surface area contributed by atoms with Crippen LogP contribution in [-0.4, -0.2) is 11.5 Å². The van der Waals surface area contributed by atoms with E-state index in [0.717, 1.165) is 3.57 Å². The third-order valence-corrected chi connectivity index (χ3v) is 2.71. The molecule has 7 heteroatoms. The summed E-state index contributed by atoms with van der Waals surface area (Å²) in [6.45, 7) is 0. The van der Waals surface area contributed by atoms with Crippen LogP contribution < -0.4 is 11.2 Å². The van der Waals surface area contributed by atoms with Gasteiger partial charge in [-0.2, -0.15) is 10.4 Å². The Bertz CT molecular complexity index is 491. The number of nitrogens with zero attached hydrogens (tertiary/aromatic N) is 2. The molecule has 82 valence electrons. The number of hydrazone groups is 1. The summed E-state index contributed by atoms with van der Waals surface area (Å²) in [4.78, 5) is 0. The minimum Gasteiger partial charge on any atom is -0.382 e. The average molecular weight is 348 g/mol. The number of nitriles is 1. The zero-order chi connectivity index (χ0) is 12.1. The molecular formula is C9H7ClIN5. The standard InChI is InChI=1S/C9H7ClIN5/c10-5-1-2-7(6(11)3-5)15-16-8(4-12)9(13)14/h1-3,15H,(H3,13,14)/b16-8+. The third kappa shape index (κ3) is 3.36. The second-order valence-corrected chi connectivity index (χ2v) is 4.32. The van der Waals surface area contributed by atoms with Gasteiger partial charge >= 0.3 is 0 Å². The van der Waals surface area contributed by atoms with Crippen LogP contribution >= 0.6 is 34.2 Å². The van der Waals surface area contributed by atoms with Crippen LogP contribution in [-0.2, 0) is 0 Å². The number of nitrogens with one attached hydrogen (secondary N) is 2. The lowest BCUT2D eigenvalue weighted by molar-refractivity contribution is 1.32. The zero-order valence-electron chi connectivity index (χ0n) is 7.96. The minimum atomic E-state index is -0.376. The van der Waals surface area contributed by atoms with Gasteiger partial charge in [0.05, 0.1) is 5.69 Å². The molecule has 0 spiro atoms. The molecule has 0 aromatic heterocycles. The van der Waals surface area contributed by atoms with Crippen molar-refractivity contribution in [3.05, 3.63) is 26.8 Å². The Morgan fingerprint density at radius 2 is 2.31 bits per heavy atom. The highest BCUT2D eigenvalue weighted by Crippen LogP contribution is 2.22. The molecule has 16 heavy (non-hydrogen) atoms. The molecule has 1 aromatic carbocycles. The second kappa shape index (κ2) is 5.67. The molecule has 5 nitrogen and oxygen atoms in total. The van der Waals surface area contributed by atoms with E-state index in [9.17, 15) is 0 Å². The molecule has 0 radical (unpaired) electrons. The molecular weight excluding hydrogens is 340 g/mol. The van der Waals surface area contributed by atoms with Crippen LogP contribution in [0.1, 0.15) is 0 Å². The van der Waals surface area contributed by atoms with Crippen LogP contribution in [0.3, 0.4) is 0 Å². The normalized spacial score (nSPS) is 10.7. The SMILES string of the molecule is N#C/C(=N\Nc1ccc(Cl)cc1I)C(=N)N. The summed E-state index contributed by atoms with van der Waals surface area (Å²) in [7, 11) is 0. The number of benzene rings is 1. The van der Waals surface area contributed by atoms with Gasteiger partial charge in [-0.25, -0.2) is 0 Å². The quantitative estimate of drug-likeness (QED) is 0.338. The predicted octanol–water partition coefficient (Wildman–Crippen LogP) is 2.17. The maximum Gasteiger partial charge on any atom is 0.201 e. The Kier molecular flexibility index (Phi) is 4.52. The van der Waals surface area contributed by atoms with E-state index in [0.29, 0.717) is 10.7 Å². The predicted molar refractivity (Wildman–Crippen MR) is 72.8 cm³/mol. The Labute approximate surface area is 111 Å². The first-order chi connectivity index (χ1) is 7.54. The van der Waals surface area contributed by atoms with Crippen LogP contribution in [0.4, 0.5) is 5.69 Å². The van der Waals surface area contributed by atoms with E-state index >= 15 is 0 Å². The lowest BCUT2D eigenvalue weighted by Gasteiger charge is -2.04. The van der Waals surface area contributed by atoms with Crippen molar-refractivity contribution in [3.8, 4) is 6.07 Å². The molecule has 0 aliphatic heterocycles. The highest BCUT2D eigenvalue weighted by atomic mass is 127. The van der Waals surface area contributed by atoms with E-state index in [2.05, 4.69) is 33.1 Å². The summed E-state index contributed by atoms with van der Waals surface area (Å²) < 4.78 is 0.856. The number of hydrogen-bond acceptors (Lipinski definition) is 4. The Balaban J connectivity index is 2.90. The lowest BCUT2D eigenvalue weighted by atomic mass is 10.3. The van der Waals surface area contributed by atoms with Crippen molar-refractivity contribution in [1.29, 1.82) is 10.7 Å². The largest absolute Gasteiger partial charge is 0.382 e. The summed E-state index contributed by atoms with van der Waals surface area (Å²) in [6.07, 6.45) is 0. The van der Waals surface area contributed by atoms with Crippen LogP contribution in [0.5, 0.6) is 0 Å². The molecule has 0 aliphatic carbocycles. The summed E-state index contributed by atoms with van der Waals surface area (Å²) in [5.41, 5.74) is 8.32. The van der Waals surface area contributed by atoms with Crippen molar-refractivity contribution >= 4 is 51.4 Å². The number of halogens is 2. The van der Waals surface area contributed by atoms with Crippen LogP contribution in [0.15, 0.2) is 23.3 Å². The third-order valence-electron chi connectivity index (χ3n) is 1.58. The van der Waals surface area contributed by atoms with Gasteiger partial charge in [-0.15, -0.1) is 0 Å². The van der Waals surface area contributed by atoms with E-state index in [4.69, 9.17) is 28.0 Å². The summed E-state index contributed by atoms with van der Waals surface area (Å²) >= 11 is 7.86. The van der Waals surface area contributed by atoms with Gasteiger partial charge in [0.25, 0.3) is 0 Å². The van der Waals surface area contributed by atoms with Crippen molar-refractivity contribution in [2.24, 2.45) is 10.8 Å². The molecule has 0 fully saturated rings. The number of nitrogens with two attached hydrogens (primary N) is 1. The molecule has 0 heterocycles. The molecule has 0 aliphatic rings. The lowest BCUT2D eigenvalue weighted by Crippen LogP contribution is -2.21. The van der Waals surface area contributed by atoms with Crippen molar-refractivity contribution in [1.82, 2.24) is 0 Å². The number of amidine groups is 1. The number of hydrogen-bond donors (Lipinski definition) is 3. The molecule has 0 bridgehead atoms. The van der Waals surface area contributed by atoms with E-state index in [1.165, 1.54) is 0 Å². The van der Waals surface area contributed by atoms with Crippen molar-refractivity contribution < 1.29 is 0 Å². The van der Waals surface area contributed by atoms with Crippen LogP contribution in [0.2, 0.25) is 5.02 Å². The van der Waals surface area contributed by atoms with Crippen molar-refractivity contribution in [2.45, 2.75) is 0 Å². The van der Waals surface area contributed by atoms with Crippen LogP contribution in [0, 0.1) is 20.3 Å². The van der Waals surface area contributed by atoms with Gasteiger partial charge in [0.2, 0.25) is 5.71 Å². The number of rotatable bonds is 3. The molecule has 1 rings (SSSR count). The Morgan fingerprint density at radius 3 is 2.81 bits per heavy atom. The summed E-state index contributed by atoms with van der Waals surface area (Å²) in [6, 6.07) is 6.88. The van der Waals surface area contributed by atoms with Crippen LogP contribution in [0.25, 0.3) is 0 Å². The average Bonchev–Trinajstić information content (AvgIpc) is 2.21. The summed E-state index contributed by atoms with van der Waals surface area (Å²) in [5, 5.41) is 20.0. The fourth-order valence-electron chi connectivity index (χ4n) is 0.842. The van der Waals surface area contributed by atoms with Gasteiger partial charge in [0.15, 0.2) is 5.84 Å². The van der Waals surface area contributed by atoms with Gasteiger partial charge in [0.1, 0.15) is 6.07 Å². The highest BCUT2D eigenvalue weighted by Gasteiger charge is 2.03. The molecule has 0 unspecified atom stereocenters. The molecule has 0 amide bonds. The van der Waals surface area contributed by atoms with Crippen molar-refractivity contribution in [3.63, 3.8) is 0 Å². The minimum absolute atomic E-state index is 0.161. The monoisotopic (exact) mass is 347 g/mol. The van der Waals surface area contributed by atoms with E-state index < -0.39 is 0 Å². The van der Waals surface area contributed by atoms with Gasteiger partial charge < -0.3 is 5.73 Å². The zero-order valence-corrected chi connectivity index (χ0v) is 10.9. The molecule has 0 atom stereocenters. The van der Waals surface area contributed by atoms with Gasteiger partial charge in [-0.1, -0.05) is 11.6 Å². The Hall–Kier alpha value is -1.33. The van der Waals surface area contributed by atoms with E-state index in [-0.39, 0.29) is 11.5 Å².